The van der Waals surface area contributed by atoms with Crippen LogP contribution in [0.1, 0.15) is 30.5 Å². The SMILES string of the molecule is C[C@@H]1c2c([nH]c3ccccc23)CC[C@@H]1C(=O)O. The van der Waals surface area contributed by atoms with Crippen LogP contribution in [0.2, 0.25) is 0 Å². The zero-order valence-electron chi connectivity index (χ0n) is 9.73. The number of hydrogen-bond donors (Lipinski definition) is 2. The van der Waals surface area contributed by atoms with Gasteiger partial charge in [-0.2, -0.15) is 0 Å². The van der Waals surface area contributed by atoms with Gasteiger partial charge in [-0.15, -0.1) is 0 Å². The Balaban J connectivity index is 2.19. The van der Waals surface area contributed by atoms with Gasteiger partial charge in [0.1, 0.15) is 0 Å². The molecule has 3 nitrogen and oxygen atoms in total. The van der Waals surface area contributed by atoms with E-state index in [4.69, 9.17) is 0 Å². The molecular formula is C14H15NO2. The van der Waals surface area contributed by atoms with Crippen molar-refractivity contribution in [3.8, 4) is 0 Å². The molecular weight excluding hydrogens is 214 g/mol. The van der Waals surface area contributed by atoms with E-state index in [1.54, 1.807) is 0 Å². The summed E-state index contributed by atoms with van der Waals surface area (Å²) in [6.45, 7) is 2.02. The molecule has 0 saturated carbocycles. The van der Waals surface area contributed by atoms with Gasteiger partial charge in [-0.05, 0) is 30.4 Å². The molecule has 0 aliphatic heterocycles. The van der Waals surface area contributed by atoms with E-state index in [1.165, 1.54) is 16.6 Å². The molecule has 0 amide bonds. The van der Waals surface area contributed by atoms with Crippen LogP contribution in [0.3, 0.4) is 0 Å². The number of para-hydroxylation sites is 1. The number of carbonyl (C=O) groups is 1. The molecule has 3 heteroatoms. The van der Waals surface area contributed by atoms with Crippen LogP contribution in [0.15, 0.2) is 24.3 Å². The van der Waals surface area contributed by atoms with Crippen molar-refractivity contribution >= 4 is 16.9 Å². The number of aromatic amines is 1. The Morgan fingerprint density at radius 1 is 1.41 bits per heavy atom. The first-order valence-corrected chi connectivity index (χ1v) is 6.00. The normalized spacial score (nSPS) is 23.6. The first kappa shape index (κ1) is 10.4. The zero-order chi connectivity index (χ0) is 12.0. The molecule has 2 atom stereocenters. The van der Waals surface area contributed by atoms with E-state index >= 15 is 0 Å². The zero-order valence-corrected chi connectivity index (χ0v) is 9.73. The van der Waals surface area contributed by atoms with E-state index in [1.807, 2.05) is 19.1 Å². The maximum absolute atomic E-state index is 11.2. The van der Waals surface area contributed by atoms with Crippen molar-refractivity contribution in [2.45, 2.75) is 25.7 Å². The molecule has 17 heavy (non-hydrogen) atoms. The van der Waals surface area contributed by atoms with Gasteiger partial charge >= 0.3 is 5.97 Å². The summed E-state index contributed by atoms with van der Waals surface area (Å²) < 4.78 is 0. The maximum Gasteiger partial charge on any atom is 0.307 e. The highest BCUT2D eigenvalue weighted by Gasteiger charge is 2.33. The number of nitrogens with one attached hydrogen (secondary N) is 1. The summed E-state index contributed by atoms with van der Waals surface area (Å²) in [5, 5.41) is 10.4. The van der Waals surface area contributed by atoms with Crippen LogP contribution in [0.4, 0.5) is 0 Å². The van der Waals surface area contributed by atoms with E-state index in [2.05, 4.69) is 17.1 Å². The van der Waals surface area contributed by atoms with Crippen molar-refractivity contribution in [2.75, 3.05) is 0 Å². The average molecular weight is 229 g/mol. The Labute approximate surface area is 99.5 Å². The van der Waals surface area contributed by atoms with Crippen LogP contribution < -0.4 is 0 Å². The largest absolute Gasteiger partial charge is 0.481 e. The Morgan fingerprint density at radius 3 is 2.94 bits per heavy atom. The van der Waals surface area contributed by atoms with Crippen molar-refractivity contribution in [1.29, 1.82) is 0 Å². The lowest BCUT2D eigenvalue weighted by Gasteiger charge is -2.26. The van der Waals surface area contributed by atoms with Gasteiger partial charge in [0.25, 0.3) is 0 Å². The molecule has 0 bridgehead atoms. The molecule has 0 fully saturated rings. The van der Waals surface area contributed by atoms with Gasteiger partial charge in [-0.25, -0.2) is 0 Å². The van der Waals surface area contributed by atoms with Crippen LogP contribution >= 0.6 is 0 Å². The van der Waals surface area contributed by atoms with E-state index < -0.39 is 5.97 Å². The third-order valence-corrected chi connectivity index (χ3v) is 3.91. The summed E-state index contributed by atoms with van der Waals surface area (Å²) >= 11 is 0. The first-order chi connectivity index (χ1) is 8.18. The molecule has 3 rings (SSSR count). The van der Waals surface area contributed by atoms with Crippen molar-refractivity contribution in [3.63, 3.8) is 0 Å². The van der Waals surface area contributed by atoms with Gasteiger partial charge < -0.3 is 10.1 Å². The minimum atomic E-state index is -0.673. The molecule has 88 valence electrons. The molecule has 1 aliphatic carbocycles. The Bertz CT molecular complexity index is 585. The molecule has 1 heterocycles. The molecule has 1 aliphatic rings. The van der Waals surface area contributed by atoms with E-state index in [9.17, 15) is 9.90 Å². The number of hydrogen-bond acceptors (Lipinski definition) is 1. The molecule has 1 aromatic heterocycles. The lowest BCUT2D eigenvalue weighted by Crippen LogP contribution is -2.25. The van der Waals surface area contributed by atoms with Crippen molar-refractivity contribution in [1.82, 2.24) is 4.98 Å². The molecule has 0 saturated heterocycles. The maximum atomic E-state index is 11.2. The lowest BCUT2D eigenvalue weighted by atomic mass is 9.78. The number of benzene rings is 1. The number of H-pyrrole nitrogens is 1. The first-order valence-electron chi connectivity index (χ1n) is 6.00. The Morgan fingerprint density at radius 2 is 2.18 bits per heavy atom. The summed E-state index contributed by atoms with van der Waals surface area (Å²) in [6.07, 6.45) is 1.57. The van der Waals surface area contributed by atoms with Crippen LogP contribution in [-0.4, -0.2) is 16.1 Å². The third kappa shape index (κ3) is 1.46. The summed E-state index contributed by atoms with van der Waals surface area (Å²) in [7, 11) is 0. The van der Waals surface area contributed by atoms with E-state index in [0.29, 0.717) is 0 Å². The minimum absolute atomic E-state index is 0.0902. The van der Waals surface area contributed by atoms with Gasteiger partial charge in [0, 0.05) is 16.6 Å². The van der Waals surface area contributed by atoms with Crippen LogP contribution in [-0.2, 0) is 11.2 Å². The second-order valence-corrected chi connectivity index (χ2v) is 4.83. The van der Waals surface area contributed by atoms with Gasteiger partial charge in [0.05, 0.1) is 5.92 Å². The van der Waals surface area contributed by atoms with Gasteiger partial charge in [0.15, 0.2) is 0 Å². The summed E-state index contributed by atoms with van der Waals surface area (Å²) in [5.41, 5.74) is 3.55. The fourth-order valence-electron chi connectivity index (χ4n) is 3.03. The highest BCUT2D eigenvalue weighted by atomic mass is 16.4. The molecule has 2 N–H and O–H groups in total. The fourth-order valence-corrected chi connectivity index (χ4v) is 3.03. The number of aliphatic carboxylic acids is 1. The van der Waals surface area contributed by atoms with Crippen LogP contribution in [0.25, 0.3) is 10.9 Å². The number of carboxylic acid groups (broad SMARTS) is 1. The molecule has 0 spiro atoms. The third-order valence-electron chi connectivity index (χ3n) is 3.91. The number of aryl methyl sites for hydroxylation is 1. The summed E-state index contributed by atoms with van der Waals surface area (Å²) in [5.74, 6) is -0.831. The van der Waals surface area contributed by atoms with Crippen molar-refractivity contribution in [2.24, 2.45) is 5.92 Å². The molecule has 0 radical (unpaired) electrons. The van der Waals surface area contributed by atoms with Crippen LogP contribution in [0, 0.1) is 5.92 Å². The standard InChI is InChI=1S/C14H15NO2/c1-8-9(14(16)17)6-7-12-13(8)10-4-2-3-5-11(10)15-12/h2-5,8-9,15H,6-7H2,1H3,(H,16,17)/t8-,9-/m0/s1. The highest BCUT2D eigenvalue weighted by molar-refractivity contribution is 5.86. The smallest absolute Gasteiger partial charge is 0.307 e. The van der Waals surface area contributed by atoms with E-state index in [0.717, 1.165) is 18.4 Å². The van der Waals surface area contributed by atoms with Crippen molar-refractivity contribution in [3.05, 3.63) is 35.5 Å². The summed E-state index contributed by atoms with van der Waals surface area (Å²) in [4.78, 5) is 14.6. The minimum Gasteiger partial charge on any atom is -0.481 e. The number of rotatable bonds is 1. The second kappa shape index (κ2) is 3.62. The fraction of sp³-hybridized carbons (Fsp3) is 0.357. The highest BCUT2D eigenvalue weighted by Crippen LogP contribution is 2.40. The lowest BCUT2D eigenvalue weighted by molar-refractivity contribution is -0.142. The van der Waals surface area contributed by atoms with Gasteiger partial charge in [-0.3, -0.25) is 4.79 Å². The second-order valence-electron chi connectivity index (χ2n) is 4.83. The average Bonchev–Trinajstić information content (AvgIpc) is 2.67. The van der Waals surface area contributed by atoms with Crippen molar-refractivity contribution < 1.29 is 9.90 Å². The predicted octanol–water partition coefficient (Wildman–Crippen LogP) is 2.92. The Kier molecular flexibility index (Phi) is 2.21. The van der Waals surface area contributed by atoms with Gasteiger partial charge in [0.2, 0.25) is 0 Å². The monoisotopic (exact) mass is 229 g/mol. The van der Waals surface area contributed by atoms with Crippen LogP contribution in [0.5, 0.6) is 0 Å². The quantitative estimate of drug-likeness (QED) is 0.790. The van der Waals surface area contributed by atoms with E-state index in [-0.39, 0.29) is 11.8 Å². The number of carboxylic acids is 1. The number of aromatic nitrogens is 1. The Hall–Kier alpha value is -1.77. The molecule has 1 aromatic carbocycles. The topological polar surface area (TPSA) is 53.1 Å². The van der Waals surface area contributed by atoms with Gasteiger partial charge in [-0.1, -0.05) is 25.1 Å². The predicted molar refractivity (Wildman–Crippen MR) is 66.2 cm³/mol. The molecule has 0 unspecified atom stereocenters. The molecule has 2 aromatic rings. The number of fused-ring (bicyclic) bond motifs is 3. The summed E-state index contributed by atoms with van der Waals surface area (Å²) in [6, 6.07) is 8.14.